The molecule has 0 spiro atoms. The number of piperazine rings is 1. The van der Waals surface area contributed by atoms with Gasteiger partial charge in [0.25, 0.3) is 5.56 Å². The summed E-state index contributed by atoms with van der Waals surface area (Å²) in [6.45, 7) is 3.85. The summed E-state index contributed by atoms with van der Waals surface area (Å²) in [4.78, 5) is 36.5. The number of rotatable bonds is 5. The third-order valence-electron chi connectivity index (χ3n) is 5.85. The Morgan fingerprint density at radius 1 is 1.06 bits per heavy atom. The fraction of sp³-hybridized carbons (Fsp3) is 0.304. The van der Waals surface area contributed by atoms with Gasteiger partial charge in [-0.2, -0.15) is 5.10 Å². The molecular formula is C23H24N6O2S. The van der Waals surface area contributed by atoms with Crippen LogP contribution in [0.4, 0.5) is 0 Å². The number of benzene rings is 1. The Labute approximate surface area is 189 Å². The molecule has 32 heavy (non-hydrogen) atoms. The average Bonchev–Trinajstić information content (AvgIpc) is 3.44. The zero-order valence-electron chi connectivity index (χ0n) is 17.8. The molecule has 0 N–H and O–H groups in total. The first-order valence-corrected chi connectivity index (χ1v) is 11.4. The predicted octanol–water partition coefficient (Wildman–Crippen LogP) is 2.20. The first-order valence-electron chi connectivity index (χ1n) is 10.6. The van der Waals surface area contributed by atoms with Crippen molar-refractivity contribution in [1.82, 2.24) is 29.1 Å². The van der Waals surface area contributed by atoms with Crippen molar-refractivity contribution in [3.63, 3.8) is 0 Å². The summed E-state index contributed by atoms with van der Waals surface area (Å²) in [6, 6.07) is 14.8. The molecule has 1 saturated heterocycles. The van der Waals surface area contributed by atoms with E-state index in [9.17, 15) is 9.59 Å². The normalized spacial score (nSPS) is 14.8. The number of thiophene rings is 1. The highest BCUT2D eigenvalue weighted by Crippen LogP contribution is 2.28. The molecule has 0 saturated carbocycles. The highest BCUT2D eigenvalue weighted by atomic mass is 32.1. The third-order valence-corrected chi connectivity index (χ3v) is 6.97. The molecule has 0 aliphatic carbocycles. The van der Waals surface area contributed by atoms with Crippen LogP contribution < -0.4 is 5.56 Å². The Balaban J connectivity index is 1.17. The number of aryl methyl sites for hydroxylation is 1. The maximum absolute atomic E-state index is 12.8. The van der Waals surface area contributed by atoms with Crippen LogP contribution in [0.5, 0.6) is 0 Å². The topological polar surface area (TPSA) is 76.3 Å². The molecule has 0 unspecified atom stereocenters. The van der Waals surface area contributed by atoms with E-state index in [1.165, 1.54) is 32.4 Å². The van der Waals surface area contributed by atoms with Crippen molar-refractivity contribution in [3.05, 3.63) is 70.2 Å². The van der Waals surface area contributed by atoms with Gasteiger partial charge in [0.05, 0.1) is 6.20 Å². The van der Waals surface area contributed by atoms with E-state index in [1.807, 2.05) is 22.3 Å². The largest absolute Gasteiger partial charge is 0.339 e. The molecule has 1 aromatic carbocycles. The number of carbonyl (C=O) groups is 1. The number of hydrogen-bond donors (Lipinski definition) is 0. The van der Waals surface area contributed by atoms with Crippen molar-refractivity contribution in [2.45, 2.75) is 13.1 Å². The van der Waals surface area contributed by atoms with E-state index >= 15 is 0 Å². The molecule has 0 radical (unpaired) electrons. The summed E-state index contributed by atoms with van der Waals surface area (Å²) >= 11 is 1.82. The van der Waals surface area contributed by atoms with Crippen LogP contribution in [0, 0.1) is 0 Å². The van der Waals surface area contributed by atoms with Gasteiger partial charge in [0.15, 0.2) is 5.65 Å². The van der Waals surface area contributed by atoms with Gasteiger partial charge >= 0.3 is 0 Å². The van der Waals surface area contributed by atoms with E-state index in [1.54, 1.807) is 11.7 Å². The first-order chi connectivity index (χ1) is 15.6. The Hall–Kier alpha value is -3.30. The summed E-state index contributed by atoms with van der Waals surface area (Å²) < 4.78 is 2.92. The van der Waals surface area contributed by atoms with Crippen LogP contribution in [0.15, 0.2) is 59.8 Å². The minimum atomic E-state index is -0.234. The zero-order valence-corrected chi connectivity index (χ0v) is 18.7. The van der Waals surface area contributed by atoms with Crippen LogP contribution in [-0.4, -0.2) is 61.2 Å². The molecule has 4 aromatic rings. The summed E-state index contributed by atoms with van der Waals surface area (Å²) in [7, 11) is 1.74. The molecule has 8 nitrogen and oxygen atoms in total. The fourth-order valence-corrected chi connectivity index (χ4v) is 5.08. The van der Waals surface area contributed by atoms with Gasteiger partial charge in [0.1, 0.15) is 18.3 Å². The Kier molecular flexibility index (Phi) is 5.59. The Bertz CT molecular complexity index is 1300. The van der Waals surface area contributed by atoms with Crippen molar-refractivity contribution >= 4 is 28.3 Å². The van der Waals surface area contributed by atoms with Gasteiger partial charge in [-0.1, -0.05) is 30.3 Å². The maximum Gasteiger partial charge on any atom is 0.264 e. The predicted molar refractivity (Wildman–Crippen MR) is 124 cm³/mol. The quantitative estimate of drug-likeness (QED) is 0.468. The van der Waals surface area contributed by atoms with E-state index < -0.39 is 0 Å². The number of fused-ring (bicyclic) bond motifs is 1. The summed E-state index contributed by atoms with van der Waals surface area (Å²) in [5.74, 6) is -0.0562. The highest BCUT2D eigenvalue weighted by Gasteiger charge is 2.22. The van der Waals surface area contributed by atoms with Crippen LogP contribution in [0.3, 0.4) is 0 Å². The van der Waals surface area contributed by atoms with Crippen molar-refractivity contribution in [2.24, 2.45) is 7.05 Å². The van der Waals surface area contributed by atoms with Crippen molar-refractivity contribution in [3.8, 4) is 10.4 Å². The molecule has 3 aromatic heterocycles. The number of carbonyl (C=O) groups excluding carboxylic acids is 1. The van der Waals surface area contributed by atoms with Crippen molar-refractivity contribution in [1.29, 1.82) is 0 Å². The zero-order chi connectivity index (χ0) is 22.1. The molecule has 0 bridgehead atoms. The molecule has 1 aliphatic rings. The van der Waals surface area contributed by atoms with Crippen LogP contribution in [-0.2, 0) is 24.9 Å². The first kappa shape index (κ1) is 20.6. The average molecular weight is 449 g/mol. The van der Waals surface area contributed by atoms with E-state index in [0.29, 0.717) is 24.1 Å². The highest BCUT2D eigenvalue weighted by molar-refractivity contribution is 7.15. The van der Waals surface area contributed by atoms with Gasteiger partial charge in [0, 0.05) is 49.5 Å². The van der Waals surface area contributed by atoms with Crippen LogP contribution in [0.25, 0.3) is 21.5 Å². The van der Waals surface area contributed by atoms with Gasteiger partial charge in [-0.15, -0.1) is 11.3 Å². The number of amides is 1. The van der Waals surface area contributed by atoms with E-state index in [2.05, 4.69) is 51.4 Å². The van der Waals surface area contributed by atoms with Crippen molar-refractivity contribution < 1.29 is 4.79 Å². The minimum absolute atomic E-state index is 0.00201. The summed E-state index contributed by atoms with van der Waals surface area (Å²) in [6.07, 6.45) is 2.93. The molecule has 164 valence electrons. The number of nitrogens with zero attached hydrogens (tertiary/aromatic N) is 6. The van der Waals surface area contributed by atoms with E-state index in [4.69, 9.17) is 0 Å². The van der Waals surface area contributed by atoms with Gasteiger partial charge in [-0.25, -0.2) is 4.98 Å². The third kappa shape index (κ3) is 4.09. The Morgan fingerprint density at radius 3 is 2.62 bits per heavy atom. The minimum Gasteiger partial charge on any atom is -0.339 e. The van der Waals surface area contributed by atoms with Gasteiger partial charge in [-0.3, -0.25) is 23.7 Å². The molecule has 1 aliphatic heterocycles. The second-order valence-corrected chi connectivity index (χ2v) is 9.14. The molecule has 1 amide bonds. The van der Waals surface area contributed by atoms with Crippen LogP contribution in [0.2, 0.25) is 0 Å². The second-order valence-electron chi connectivity index (χ2n) is 7.97. The van der Waals surface area contributed by atoms with E-state index in [0.717, 1.165) is 19.6 Å². The lowest BCUT2D eigenvalue weighted by molar-refractivity contribution is -0.133. The molecule has 5 rings (SSSR count). The number of hydrogen-bond acceptors (Lipinski definition) is 6. The van der Waals surface area contributed by atoms with Gasteiger partial charge in [-0.05, 0) is 17.7 Å². The monoisotopic (exact) mass is 448 g/mol. The summed E-state index contributed by atoms with van der Waals surface area (Å²) in [5.41, 5.74) is 1.53. The molecular weight excluding hydrogens is 424 g/mol. The molecule has 1 fully saturated rings. The maximum atomic E-state index is 12.8. The lowest BCUT2D eigenvalue weighted by Crippen LogP contribution is -2.49. The molecule has 9 heteroatoms. The number of aromatic nitrogens is 4. The standard InChI is InChI=1S/C23H24N6O2S/c1-26-22-19(13-25-26)23(31)29(16-24-22)15-21(30)28-11-9-27(10-12-28)14-18-7-8-20(32-18)17-5-3-2-4-6-17/h2-8,13,16H,9-12,14-15H2,1H3. The van der Waals surface area contributed by atoms with E-state index in [-0.39, 0.29) is 18.0 Å². The van der Waals surface area contributed by atoms with Crippen molar-refractivity contribution in [2.75, 3.05) is 26.2 Å². The SMILES string of the molecule is Cn1ncc2c(=O)n(CC(=O)N3CCN(Cc4ccc(-c5ccccc5)s4)CC3)cnc21. The van der Waals surface area contributed by atoms with Gasteiger partial charge < -0.3 is 4.90 Å². The smallest absolute Gasteiger partial charge is 0.264 e. The Morgan fingerprint density at radius 2 is 1.84 bits per heavy atom. The summed E-state index contributed by atoms with van der Waals surface area (Å²) in [5, 5.41) is 4.50. The van der Waals surface area contributed by atoms with Crippen LogP contribution >= 0.6 is 11.3 Å². The lowest BCUT2D eigenvalue weighted by Gasteiger charge is -2.34. The molecule has 4 heterocycles. The fourth-order valence-electron chi connectivity index (χ4n) is 4.02. The van der Waals surface area contributed by atoms with Crippen LogP contribution in [0.1, 0.15) is 4.88 Å². The van der Waals surface area contributed by atoms with Gasteiger partial charge in [0.2, 0.25) is 5.91 Å². The molecule has 0 atom stereocenters. The lowest BCUT2D eigenvalue weighted by atomic mass is 10.2. The second kappa shape index (κ2) is 8.68.